The Labute approximate surface area is 229 Å². The SMILES string of the molecule is COc1c(O[C@@H]2O[C@H](CO)[C@@H](O)[C@H](O)[C@@H]2O)cc2c(c1OC)-c1ccc(SC)c(=O)cc1[C@@H](NC(C)=O)CC2. The molecule has 1 amide bonds. The third kappa shape index (κ3) is 5.58. The van der Waals surface area contributed by atoms with Crippen LogP contribution in [0.3, 0.4) is 0 Å². The first-order valence-corrected chi connectivity index (χ1v) is 13.6. The quantitative estimate of drug-likeness (QED) is 0.302. The van der Waals surface area contributed by atoms with Crippen LogP contribution >= 0.6 is 11.8 Å². The largest absolute Gasteiger partial charge is 0.492 e. The molecule has 1 saturated heterocycles. The van der Waals surface area contributed by atoms with Crippen LogP contribution in [-0.4, -0.2) is 84.1 Å². The smallest absolute Gasteiger partial charge is 0.229 e. The summed E-state index contributed by atoms with van der Waals surface area (Å²) in [7, 11) is 2.87. The monoisotopic (exact) mass is 563 g/mol. The molecule has 1 aliphatic heterocycles. The van der Waals surface area contributed by atoms with E-state index in [2.05, 4.69) is 5.32 Å². The van der Waals surface area contributed by atoms with Crippen molar-refractivity contribution in [3.05, 3.63) is 45.6 Å². The second kappa shape index (κ2) is 12.1. The van der Waals surface area contributed by atoms with Crippen molar-refractivity contribution in [3.63, 3.8) is 0 Å². The number of methoxy groups -OCH3 is 2. The van der Waals surface area contributed by atoms with E-state index in [0.29, 0.717) is 40.2 Å². The predicted octanol–water partition coefficient (Wildman–Crippen LogP) is 0.755. The van der Waals surface area contributed by atoms with Crippen LogP contribution in [0.15, 0.2) is 34.0 Å². The maximum Gasteiger partial charge on any atom is 0.229 e. The maximum absolute atomic E-state index is 13.0. The molecule has 1 fully saturated rings. The normalized spacial score (nSPS) is 26.1. The molecular weight excluding hydrogens is 530 g/mol. The van der Waals surface area contributed by atoms with Gasteiger partial charge in [0.2, 0.25) is 17.9 Å². The molecule has 12 heteroatoms. The van der Waals surface area contributed by atoms with E-state index in [9.17, 15) is 30.0 Å². The Morgan fingerprint density at radius 3 is 2.44 bits per heavy atom. The molecule has 2 aromatic rings. The Balaban J connectivity index is 1.89. The van der Waals surface area contributed by atoms with Crippen molar-refractivity contribution in [2.24, 2.45) is 0 Å². The molecule has 5 N–H and O–H groups in total. The number of nitrogens with one attached hydrogen (secondary N) is 1. The van der Waals surface area contributed by atoms with Gasteiger partial charge in [0.15, 0.2) is 16.9 Å². The Bertz CT molecular complexity index is 1290. The van der Waals surface area contributed by atoms with Gasteiger partial charge in [0.1, 0.15) is 24.4 Å². The summed E-state index contributed by atoms with van der Waals surface area (Å²) in [4.78, 5) is 25.6. The van der Waals surface area contributed by atoms with Gasteiger partial charge >= 0.3 is 0 Å². The lowest BCUT2D eigenvalue weighted by Gasteiger charge is -2.39. The number of rotatable bonds is 7. The van der Waals surface area contributed by atoms with Gasteiger partial charge in [-0.3, -0.25) is 9.59 Å². The fourth-order valence-corrected chi connectivity index (χ4v) is 5.55. The van der Waals surface area contributed by atoms with E-state index in [1.807, 2.05) is 12.3 Å². The van der Waals surface area contributed by atoms with Crippen LogP contribution in [0.2, 0.25) is 0 Å². The molecule has 4 rings (SSSR count). The minimum Gasteiger partial charge on any atom is -0.492 e. The lowest BCUT2D eigenvalue weighted by atomic mass is 9.95. The summed E-state index contributed by atoms with van der Waals surface area (Å²) in [6.07, 6.45) is -4.64. The standard InChI is InChI=1S/C27H33NO10S/c1-12(30)28-16-7-5-13-9-18(37-27-24(34)23(33)22(32)19(11-29)38-27)25(35-2)26(36-3)21(13)14-6-8-20(39-4)17(31)10-15(14)16/h6,8-10,16,19,22-24,27,29,32-34H,5,7,11H2,1-4H3,(H,28,30)/t16-,19+,22+,23-,24-,27+/m0/s1. The number of amides is 1. The highest BCUT2D eigenvalue weighted by Crippen LogP contribution is 2.50. The molecule has 0 radical (unpaired) electrons. The van der Waals surface area contributed by atoms with Crippen LogP contribution in [0.25, 0.3) is 11.1 Å². The summed E-state index contributed by atoms with van der Waals surface area (Å²) in [6.45, 7) is 0.815. The molecule has 2 aliphatic rings. The number of aryl methyl sites for hydroxylation is 1. The van der Waals surface area contributed by atoms with E-state index in [1.54, 1.807) is 18.2 Å². The summed E-state index contributed by atoms with van der Waals surface area (Å²) in [5, 5.41) is 43.4. The minimum absolute atomic E-state index is 0.131. The zero-order valence-corrected chi connectivity index (χ0v) is 22.9. The number of fused-ring (bicyclic) bond motifs is 3. The molecule has 11 nitrogen and oxygen atoms in total. The Hall–Kier alpha value is -2.87. The summed E-state index contributed by atoms with van der Waals surface area (Å²) in [5.41, 5.74) is 2.55. The Morgan fingerprint density at radius 2 is 1.82 bits per heavy atom. The predicted molar refractivity (Wildman–Crippen MR) is 142 cm³/mol. The number of benzene rings is 1. The molecule has 1 aliphatic carbocycles. The van der Waals surface area contributed by atoms with E-state index >= 15 is 0 Å². The number of aliphatic hydroxyl groups is 4. The number of carbonyl (C=O) groups excluding carboxylic acids is 1. The lowest BCUT2D eigenvalue weighted by Crippen LogP contribution is -2.60. The van der Waals surface area contributed by atoms with Crippen molar-refractivity contribution < 1.29 is 44.2 Å². The second-order valence-corrected chi connectivity index (χ2v) is 10.2. The molecule has 6 atom stereocenters. The third-order valence-electron chi connectivity index (χ3n) is 6.97. The van der Waals surface area contributed by atoms with Crippen LogP contribution in [0, 0.1) is 0 Å². The first-order chi connectivity index (χ1) is 18.6. The van der Waals surface area contributed by atoms with Gasteiger partial charge in [-0.25, -0.2) is 0 Å². The summed E-state index contributed by atoms with van der Waals surface area (Å²) >= 11 is 1.32. The van der Waals surface area contributed by atoms with Crippen molar-refractivity contribution in [2.45, 2.75) is 61.4 Å². The number of ether oxygens (including phenoxy) is 4. The number of aliphatic hydroxyl groups excluding tert-OH is 4. The average molecular weight is 564 g/mol. The number of hydrogen-bond donors (Lipinski definition) is 5. The van der Waals surface area contributed by atoms with Gasteiger partial charge in [0.05, 0.1) is 31.8 Å². The topological polar surface area (TPSA) is 164 Å². The third-order valence-corrected chi connectivity index (χ3v) is 7.75. The van der Waals surface area contributed by atoms with E-state index in [0.717, 1.165) is 5.56 Å². The van der Waals surface area contributed by atoms with Gasteiger partial charge in [-0.1, -0.05) is 6.07 Å². The first-order valence-electron chi connectivity index (χ1n) is 12.4. The zero-order valence-electron chi connectivity index (χ0n) is 22.0. The summed E-state index contributed by atoms with van der Waals surface area (Å²) < 4.78 is 23.0. The molecule has 0 aromatic heterocycles. The molecule has 2 aromatic carbocycles. The highest BCUT2D eigenvalue weighted by molar-refractivity contribution is 7.98. The maximum atomic E-state index is 13.0. The van der Waals surface area contributed by atoms with Gasteiger partial charge in [-0.15, -0.1) is 11.8 Å². The Morgan fingerprint density at radius 1 is 1.10 bits per heavy atom. The van der Waals surface area contributed by atoms with Crippen LogP contribution in [0.5, 0.6) is 17.2 Å². The number of hydrogen-bond acceptors (Lipinski definition) is 11. The fraction of sp³-hybridized carbons (Fsp3) is 0.481. The van der Waals surface area contributed by atoms with Crippen molar-refractivity contribution in [1.29, 1.82) is 0 Å². The molecule has 1 heterocycles. The summed E-state index contributed by atoms with van der Waals surface area (Å²) in [6, 6.07) is 6.34. The molecule has 0 saturated carbocycles. The number of carbonyl (C=O) groups is 1. The van der Waals surface area contributed by atoms with Crippen molar-refractivity contribution in [1.82, 2.24) is 5.32 Å². The Kier molecular flexibility index (Phi) is 9.04. The first kappa shape index (κ1) is 29.1. The van der Waals surface area contributed by atoms with Gasteiger partial charge in [-0.2, -0.15) is 0 Å². The minimum atomic E-state index is -1.62. The van der Waals surface area contributed by atoms with E-state index in [-0.39, 0.29) is 22.8 Å². The zero-order chi connectivity index (χ0) is 28.4. The molecular formula is C27H33NO10S. The fourth-order valence-electron chi connectivity index (χ4n) is 5.09. The van der Waals surface area contributed by atoms with Crippen molar-refractivity contribution in [3.8, 4) is 28.4 Å². The van der Waals surface area contributed by atoms with Crippen LogP contribution < -0.4 is 25.0 Å². The summed E-state index contributed by atoms with van der Waals surface area (Å²) in [5.74, 6) is 0.350. The number of thioether (sulfide) groups is 1. The van der Waals surface area contributed by atoms with E-state index < -0.39 is 43.4 Å². The van der Waals surface area contributed by atoms with Gasteiger partial charge in [0.25, 0.3) is 0 Å². The van der Waals surface area contributed by atoms with Gasteiger partial charge < -0.3 is 44.7 Å². The molecule has 0 unspecified atom stereocenters. The van der Waals surface area contributed by atoms with Crippen LogP contribution in [-0.2, 0) is 16.0 Å². The van der Waals surface area contributed by atoms with Crippen molar-refractivity contribution in [2.75, 3.05) is 27.1 Å². The second-order valence-electron chi connectivity index (χ2n) is 9.36. The lowest BCUT2D eigenvalue weighted by molar-refractivity contribution is -0.277. The molecule has 39 heavy (non-hydrogen) atoms. The highest BCUT2D eigenvalue weighted by Gasteiger charge is 2.45. The van der Waals surface area contributed by atoms with Crippen molar-refractivity contribution >= 4 is 17.7 Å². The molecule has 0 bridgehead atoms. The van der Waals surface area contributed by atoms with Gasteiger partial charge in [0, 0.05) is 12.5 Å². The molecule has 212 valence electrons. The van der Waals surface area contributed by atoms with Crippen LogP contribution in [0.4, 0.5) is 0 Å². The van der Waals surface area contributed by atoms with E-state index in [4.69, 9.17) is 18.9 Å². The van der Waals surface area contributed by atoms with E-state index in [1.165, 1.54) is 32.9 Å². The van der Waals surface area contributed by atoms with Gasteiger partial charge in [-0.05, 0) is 54.0 Å². The van der Waals surface area contributed by atoms with Crippen LogP contribution in [0.1, 0.15) is 30.5 Å². The average Bonchev–Trinajstić information content (AvgIpc) is 3.16. The molecule has 0 spiro atoms. The highest BCUT2D eigenvalue weighted by atomic mass is 32.2.